The number of hydrogen-bond donors (Lipinski definition) is 2. The van der Waals surface area contributed by atoms with Gasteiger partial charge < -0.3 is 9.84 Å². The Morgan fingerprint density at radius 1 is 1.58 bits per heavy atom. The van der Waals surface area contributed by atoms with Gasteiger partial charge in [-0.2, -0.15) is 0 Å². The molecule has 0 heterocycles. The zero-order valence-electron chi connectivity index (χ0n) is 10.9. The Kier molecular flexibility index (Phi) is 4.37. The number of hydrogen-bond acceptors (Lipinski definition) is 3. The van der Waals surface area contributed by atoms with Gasteiger partial charge in [0, 0.05) is 0 Å². The molecule has 2 rings (SSSR count). The van der Waals surface area contributed by atoms with Crippen LogP contribution in [0.2, 0.25) is 0 Å². The molecule has 1 atom stereocenters. The zero-order valence-corrected chi connectivity index (χ0v) is 10.9. The highest BCUT2D eigenvalue weighted by atomic mass is 19.1. The molecule has 0 aliphatic heterocycles. The molecule has 0 bridgehead atoms. The molecule has 1 fully saturated rings. The Labute approximate surface area is 111 Å². The summed E-state index contributed by atoms with van der Waals surface area (Å²) in [5.74, 6) is 0.186. The summed E-state index contributed by atoms with van der Waals surface area (Å²) in [5, 5.41) is 12.3. The van der Waals surface area contributed by atoms with E-state index in [-0.39, 0.29) is 5.69 Å². The fraction of sp³-hybridized carbons (Fsp3) is 0.500. The fourth-order valence-corrected chi connectivity index (χ4v) is 1.97. The quantitative estimate of drug-likeness (QED) is 0.861. The topological polar surface area (TPSA) is 58.6 Å². The van der Waals surface area contributed by atoms with Gasteiger partial charge >= 0.3 is 6.09 Å². The van der Waals surface area contributed by atoms with Crippen LogP contribution in [0.15, 0.2) is 18.2 Å². The Balaban J connectivity index is 2.03. The van der Waals surface area contributed by atoms with Crippen molar-refractivity contribution in [3.8, 4) is 0 Å². The second kappa shape index (κ2) is 6.02. The summed E-state index contributed by atoms with van der Waals surface area (Å²) in [5.41, 5.74) is 0.628. The molecule has 1 saturated carbocycles. The van der Waals surface area contributed by atoms with Gasteiger partial charge in [-0.3, -0.25) is 5.32 Å². The van der Waals surface area contributed by atoms with Crippen LogP contribution in [0.3, 0.4) is 0 Å². The summed E-state index contributed by atoms with van der Waals surface area (Å²) in [6.07, 6.45) is 2.77. The standard InChI is InChI=1S/C14H18FNO3/c1-19-14(18)16-12-8-10(5-6-11(12)15)13(17)7-4-9-2-3-9/h5-6,8-9,13,17H,2-4,7H2,1H3,(H,16,18). The number of rotatable bonds is 5. The summed E-state index contributed by atoms with van der Waals surface area (Å²) in [7, 11) is 1.21. The average Bonchev–Trinajstić information content (AvgIpc) is 3.22. The van der Waals surface area contributed by atoms with Crippen molar-refractivity contribution in [2.75, 3.05) is 12.4 Å². The number of nitrogens with one attached hydrogen (secondary N) is 1. The van der Waals surface area contributed by atoms with Crippen molar-refractivity contribution < 1.29 is 19.0 Å². The van der Waals surface area contributed by atoms with Gasteiger partial charge in [-0.1, -0.05) is 18.9 Å². The van der Waals surface area contributed by atoms with Crippen molar-refractivity contribution in [3.05, 3.63) is 29.6 Å². The van der Waals surface area contributed by atoms with Gasteiger partial charge in [0.2, 0.25) is 0 Å². The van der Waals surface area contributed by atoms with E-state index in [0.717, 1.165) is 12.3 Å². The summed E-state index contributed by atoms with van der Waals surface area (Å²) in [4.78, 5) is 11.1. The lowest BCUT2D eigenvalue weighted by Gasteiger charge is -2.13. The van der Waals surface area contributed by atoms with Crippen molar-refractivity contribution >= 4 is 11.8 Å². The number of amides is 1. The number of methoxy groups -OCH3 is 1. The summed E-state index contributed by atoms with van der Waals surface area (Å²) in [6.45, 7) is 0. The molecule has 1 aromatic rings. The van der Waals surface area contributed by atoms with Gasteiger partial charge in [0.05, 0.1) is 18.9 Å². The Hall–Kier alpha value is -1.62. The highest BCUT2D eigenvalue weighted by Crippen LogP contribution is 2.36. The van der Waals surface area contributed by atoms with Crippen LogP contribution in [0.5, 0.6) is 0 Å². The highest BCUT2D eigenvalue weighted by molar-refractivity contribution is 5.84. The molecule has 0 saturated heterocycles. The molecular formula is C14H18FNO3. The Morgan fingerprint density at radius 2 is 2.32 bits per heavy atom. The van der Waals surface area contributed by atoms with Crippen LogP contribution in [0.1, 0.15) is 37.4 Å². The molecule has 19 heavy (non-hydrogen) atoms. The largest absolute Gasteiger partial charge is 0.453 e. The molecule has 1 aliphatic rings. The van der Waals surface area contributed by atoms with Gasteiger partial charge in [-0.15, -0.1) is 0 Å². The maximum atomic E-state index is 13.5. The van der Waals surface area contributed by atoms with Crippen molar-refractivity contribution in [1.29, 1.82) is 0 Å². The molecule has 0 spiro atoms. The van der Waals surface area contributed by atoms with Crippen LogP contribution in [0.25, 0.3) is 0 Å². The molecule has 1 aromatic carbocycles. The first-order valence-electron chi connectivity index (χ1n) is 6.42. The summed E-state index contributed by atoms with van der Waals surface area (Å²) < 4.78 is 17.9. The van der Waals surface area contributed by atoms with Crippen LogP contribution in [0, 0.1) is 11.7 Å². The minimum Gasteiger partial charge on any atom is -0.453 e. The minimum atomic E-state index is -0.733. The average molecular weight is 267 g/mol. The number of aliphatic hydroxyl groups excluding tert-OH is 1. The first-order chi connectivity index (χ1) is 9.10. The molecule has 5 heteroatoms. The van der Waals surface area contributed by atoms with Crippen LogP contribution in [0.4, 0.5) is 14.9 Å². The highest BCUT2D eigenvalue weighted by Gasteiger charge is 2.22. The van der Waals surface area contributed by atoms with Crippen LogP contribution in [-0.4, -0.2) is 18.3 Å². The number of ether oxygens (including phenoxy) is 1. The SMILES string of the molecule is COC(=O)Nc1cc(C(O)CCC2CC2)ccc1F. The molecule has 0 aromatic heterocycles. The summed E-state index contributed by atoms with van der Waals surface area (Å²) in [6, 6.07) is 4.22. The van der Waals surface area contributed by atoms with Crippen LogP contribution < -0.4 is 5.32 Å². The van der Waals surface area contributed by atoms with Crippen molar-refractivity contribution in [2.24, 2.45) is 5.92 Å². The molecule has 104 valence electrons. The van der Waals surface area contributed by atoms with Crippen molar-refractivity contribution in [3.63, 3.8) is 0 Å². The van der Waals surface area contributed by atoms with Crippen LogP contribution >= 0.6 is 0 Å². The van der Waals surface area contributed by atoms with Gasteiger partial charge in [0.25, 0.3) is 0 Å². The van der Waals surface area contributed by atoms with E-state index in [0.29, 0.717) is 12.0 Å². The molecule has 2 N–H and O–H groups in total. The molecular weight excluding hydrogens is 249 g/mol. The zero-order chi connectivity index (χ0) is 13.8. The summed E-state index contributed by atoms with van der Waals surface area (Å²) >= 11 is 0. The van der Waals surface area contributed by atoms with Crippen molar-refractivity contribution in [2.45, 2.75) is 31.8 Å². The van der Waals surface area contributed by atoms with Crippen LogP contribution in [-0.2, 0) is 4.74 Å². The molecule has 1 aliphatic carbocycles. The first kappa shape index (κ1) is 13.8. The van der Waals surface area contributed by atoms with E-state index in [9.17, 15) is 14.3 Å². The fourth-order valence-electron chi connectivity index (χ4n) is 1.97. The third-order valence-corrected chi connectivity index (χ3v) is 3.34. The molecule has 0 radical (unpaired) electrons. The van der Waals surface area contributed by atoms with E-state index in [1.165, 1.54) is 38.2 Å². The maximum absolute atomic E-state index is 13.5. The number of halogens is 1. The van der Waals surface area contributed by atoms with Gasteiger partial charge in [0.15, 0.2) is 0 Å². The van der Waals surface area contributed by atoms with E-state index in [2.05, 4.69) is 10.1 Å². The molecule has 1 amide bonds. The Bertz CT molecular complexity index is 460. The predicted molar refractivity (Wildman–Crippen MR) is 69.3 cm³/mol. The van der Waals surface area contributed by atoms with Crippen molar-refractivity contribution in [1.82, 2.24) is 0 Å². The number of carbonyl (C=O) groups is 1. The number of benzene rings is 1. The first-order valence-corrected chi connectivity index (χ1v) is 6.42. The normalized spacial score (nSPS) is 15.9. The third-order valence-electron chi connectivity index (χ3n) is 3.34. The van der Waals surface area contributed by atoms with E-state index < -0.39 is 18.0 Å². The smallest absolute Gasteiger partial charge is 0.411 e. The van der Waals surface area contributed by atoms with E-state index in [4.69, 9.17) is 0 Å². The number of carbonyl (C=O) groups excluding carboxylic acids is 1. The lowest BCUT2D eigenvalue weighted by atomic mass is 10.0. The van der Waals surface area contributed by atoms with E-state index in [1.807, 2.05) is 0 Å². The minimum absolute atomic E-state index is 0.0230. The van der Waals surface area contributed by atoms with E-state index in [1.54, 1.807) is 0 Å². The van der Waals surface area contributed by atoms with Gasteiger partial charge in [-0.25, -0.2) is 9.18 Å². The Morgan fingerprint density at radius 3 is 2.95 bits per heavy atom. The van der Waals surface area contributed by atoms with E-state index >= 15 is 0 Å². The molecule has 1 unspecified atom stereocenters. The molecule has 4 nitrogen and oxygen atoms in total. The number of anilines is 1. The lowest BCUT2D eigenvalue weighted by Crippen LogP contribution is -2.12. The predicted octanol–water partition coefficient (Wildman–Crippen LogP) is 3.23. The second-order valence-electron chi connectivity index (χ2n) is 4.89. The van der Waals surface area contributed by atoms with Gasteiger partial charge in [0.1, 0.15) is 5.82 Å². The lowest BCUT2D eigenvalue weighted by molar-refractivity contribution is 0.162. The number of aliphatic hydroxyl groups is 1. The monoisotopic (exact) mass is 267 g/mol. The maximum Gasteiger partial charge on any atom is 0.411 e. The third kappa shape index (κ3) is 3.92. The second-order valence-corrected chi connectivity index (χ2v) is 4.89. The van der Waals surface area contributed by atoms with Gasteiger partial charge in [-0.05, 0) is 36.5 Å².